The zero-order valence-corrected chi connectivity index (χ0v) is 12.6. The van der Waals surface area contributed by atoms with Crippen LogP contribution in [0.15, 0.2) is 40.2 Å². The van der Waals surface area contributed by atoms with Crippen LogP contribution in [0.25, 0.3) is 11.2 Å². The topological polar surface area (TPSA) is 71.1 Å². The molecule has 1 aromatic carbocycles. The second-order valence-corrected chi connectivity index (χ2v) is 5.11. The van der Waals surface area contributed by atoms with Crippen LogP contribution in [0.2, 0.25) is 0 Å². The number of aromatic nitrogens is 4. The maximum Gasteiger partial charge on any atom is 0.332 e. The predicted octanol–water partition coefficient (Wildman–Crippen LogP) is 0.491. The lowest BCUT2D eigenvalue weighted by Crippen LogP contribution is -2.38. The van der Waals surface area contributed by atoms with Crippen molar-refractivity contribution in [3.63, 3.8) is 0 Å². The van der Waals surface area contributed by atoms with Crippen LogP contribution in [-0.4, -0.2) is 25.8 Å². The number of methoxy groups -OCH3 is 1. The normalized spacial score (nSPS) is 11.0. The van der Waals surface area contributed by atoms with E-state index < -0.39 is 0 Å². The van der Waals surface area contributed by atoms with E-state index >= 15 is 0 Å². The van der Waals surface area contributed by atoms with E-state index in [0.717, 1.165) is 15.9 Å². The highest BCUT2D eigenvalue weighted by Gasteiger charge is 2.15. The quantitative estimate of drug-likeness (QED) is 0.706. The van der Waals surface area contributed by atoms with Crippen LogP contribution in [0.4, 0.5) is 0 Å². The zero-order valence-electron chi connectivity index (χ0n) is 12.6. The number of hydrogen-bond donors (Lipinski definition) is 0. The first-order valence-corrected chi connectivity index (χ1v) is 6.76. The Morgan fingerprint density at radius 3 is 2.45 bits per heavy atom. The third-order valence-corrected chi connectivity index (χ3v) is 3.70. The van der Waals surface area contributed by atoms with Gasteiger partial charge in [-0.05, 0) is 17.7 Å². The van der Waals surface area contributed by atoms with Gasteiger partial charge in [0.25, 0.3) is 5.56 Å². The molecule has 22 heavy (non-hydrogen) atoms. The summed E-state index contributed by atoms with van der Waals surface area (Å²) >= 11 is 0. The Morgan fingerprint density at radius 2 is 1.82 bits per heavy atom. The molecule has 3 aromatic rings. The second-order valence-electron chi connectivity index (χ2n) is 5.11. The number of fused-ring (bicyclic) bond motifs is 1. The van der Waals surface area contributed by atoms with Crippen LogP contribution < -0.4 is 16.0 Å². The summed E-state index contributed by atoms with van der Waals surface area (Å²) in [7, 11) is 4.81. The van der Waals surface area contributed by atoms with Crippen LogP contribution in [0, 0.1) is 0 Å². The molecular formula is C15H16N4O3. The van der Waals surface area contributed by atoms with Gasteiger partial charge >= 0.3 is 5.69 Å². The fourth-order valence-corrected chi connectivity index (χ4v) is 2.44. The van der Waals surface area contributed by atoms with E-state index in [1.807, 2.05) is 24.3 Å². The average molecular weight is 300 g/mol. The van der Waals surface area contributed by atoms with E-state index in [1.165, 1.54) is 17.9 Å². The maximum absolute atomic E-state index is 12.4. The third-order valence-electron chi connectivity index (χ3n) is 3.70. The molecule has 0 amide bonds. The molecule has 0 N–H and O–H groups in total. The number of benzene rings is 1. The molecule has 0 fully saturated rings. The first-order valence-electron chi connectivity index (χ1n) is 6.76. The van der Waals surface area contributed by atoms with Crippen molar-refractivity contribution in [2.24, 2.45) is 14.1 Å². The van der Waals surface area contributed by atoms with E-state index in [1.54, 1.807) is 18.7 Å². The maximum atomic E-state index is 12.4. The summed E-state index contributed by atoms with van der Waals surface area (Å²) < 4.78 is 9.35. The van der Waals surface area contributed by atoms with Crippen molar-refractivity contribution in [1.82, 2.24) is 18.7 Å². The lowest BCUT2D eigenvalue weighted by atomic mass is 10.2. The zero-order chi connectivity index (χ0) is 15.9. The Balaban J connectivity index is 2.18. The van der Waals surface area contributed by atoms with Gasteiger partial charge in [0.1, 0.15) is 5.75 Å². The molecular weight excluding hydrogens is 284 g/mol. The number of hydrogen-bond acceptors (Lipinski definition) is 4. The summed E-state index contributed by atoms with van der Waals surface area (Å²) in [6.07, 6.45) is 1.54. The van der Waals surface area contributed by atoms with Crippen LogP contribution >= 0.6 is 0 Å². The molecule has 0 saturated carbocycles. The Kier molecular flexibility index (Phi) is 3.32. The molecule has 0 atom stereocenters. The van der Waals surface area contributed by atoms with E-state index in [-0.39, 0.29) is 11.2 Å². The fourth-order valence-electron chi connectivity index (χ4n) is 2.44. The molecule has 0 aliphatic heterocycles. The first-order chi connectivity index (χ1) is 10.5. The number of ether oxygens (including phenoxy) is 1. The van der Waals surface area contributed by atoms with Crippen molar-refractivity contribution in [3.8, 4) is 5.75 Å². The summed E-state index contributed by atoms with van der Waals surface area (Å²) in [5, 5.41) is 0. The molecule has 7 nitrogen and oxygen atoms in total. The number of aryl methyl sites for hydroxylation is 1. The second kappa shape index (κ2) is 5.18. The summed E-state index contributed by atoms with van der Waals surface area (Å²) in [6, 6.07) is 7.42. The minimum absolute atomic E-state index is 0.338. The van der Waals surface area contributed by atoms with Crippen molar-refractivity contribution in [1.29, 1.82) is 0 Å². The number of nitrogens with zero attached hydrogens (tertiary/aromatic N) is 4. The Morgan fingerprint density at radius 1 is 1.14 bits per heavy atom. The average Bonchev–Trinajstić information content (AvgIpc) is 2.92. The van der Waals surface area contributed by atoms with Crippen LogP contribution in [0.3, 0.4) is 0 Å². The molecule has 7 heteroatoms. The van der Waals surface area contributed by atoms with Crippen LogP contribution in [0.5, 0.6) is 5.75 Å². The molecule has 0 unspecified atom stereocenters. The van der Waals surface area contributed by atoms with Gasteiger partial charge in [-0.1, -0.05) is 12.1 Å². The Labute approximate surface area is 126 Å². The molecule has 3 rings (SSSR count). The highest BCUT2D eigenvalue weighted by Crippen LogP contribution is 2.13. The Hall–Kier alpha value is -2.83. The summed E-state index contributed by atoms with van der Waals surface area (Å²) in [5.41, 5.74) is 1.01. The molecule has 0 spiro atoms. The molecule has 114 valence electrons. The van der Waals surface area contributed by atoms with Gasteiger partial charge in [0.05, 0.1) is 20.0 Å². The monoisotopic (exact) mass is 300 g/mol. The van der Waals surface area contributed by atoms with Gasteiger partial charge in [-0.3, -0.25) is 13.9 Å². The van der Waals surface area contributed by atoms with E-state index in [2.05, 4.69) is 4.98 Å². The predicted molar refractivity (Wildman–Crippen MR) is 82.3 cm³/mol. The summed E-state index contributed by atoms with van der Waals surface area (Å²) in [5.74, 6) is 0.750. The Bertz CT molecular complexity index is 948. The molecule has 0 radical (unpaired) electrons. The van der Waals surface area contributed by atoms with Gasteiger partial charge in [0, 0.05) is 14.1 Å². The smallest absolute Gasteiger partial charge is 0.332 e. The van der Waals surface area contributed by atoms with Crippen molar-refractivity contribution >= 4 is 11.2 Å². The molecule has 0 aliphatic carbocycles. The van der Waals surface area contributed by atoms with Gasteiger partial charge in [-0.25, -0.2) is 9.78 Å². The van der Waals surface area contributed by atoms with Gasteiger partial charge in [0.15, 0.2) is 11.2 Å². The number of rotatable bonds is 3. The van der Waals surface area contributed by atoms with E-state index in [0.29, 0.717) is 17.7 Å². The van der Waals surface area contributed by atoms with Crippen molar-refractivity contribution in [2.75, 3.05) is 7.11 Å². The summed E-state index contributed by atoms with van der Waals surface area (Å²) in [6.45, 7) is 0.338. The highest BCUT2D eigenvalue weighted by molar-refractivity contribution is 5.70. The largest absolute Gasteiger partial charge is 0.497 e. The van der Waals surface area contributed by atoms with E-state index in [4.69, 9.17) is 4.74 Å². The van der Waals surface area contributed by atoms with Gasteiger partial charge < -0.3 is 9.30 Å². The fraction of sp³-hybridized carbons (Fsp3) is 0.267. The molecule has 0 bridgehead atoms. The van der Waals surface area contributed by atoms with Crippen molar-refractivity contribution in [2.45, 2.75) is 6.54 Å². The third kappa shape index (κ3) is 2.11. The van der Waals surface area contributed by atoms with Crippen LogP contribution in [0.1, 0.15) is 5.56 Å². The van der Waals surface area contributed by atoms with E-state index in [9.17, 15) is 9.59 Å². The van der Waals surface area contributed by atoms with Gasteiger partial charge in [0.2, 0.25) is 0 Å². The molecule has 2 heterocycles. The van der Waals surface area contributed by atoms with Crippen molar-refractivity contribution in [3.05, 3.63) is 57.0 Å². The molecule has 0 aliphatic rings. The SMILES string of the molecule is COc1ccc(Cn2c(=O)n(C)c(=O)c3c2ncn3C)cc1. The van der Waals surface area contributed by atoms with Gasteiger partial charge in [-0.15, -0.1) is 0 Å². The first kappa shape index (κ1) is 14.1. The number of imidazole rings is 1. The minimum atomic E-state index is -0.382. The lowest BCUT2D eigenvalue weighted by Gasteiger charge is -2.10. The molecule has 2 aromatic heterocycles. The standard InChI is InChI=1S/C15H16N4O3/c1-17-9-16-13-12(17)14(20)18(2)15(21)19(13)8-10-4-6-11(22-3)7-5-10/h4-7,9H,8H2,1-3H3. The van der Waals surface area contributed by atoms with Crippen molar-refractivity contribution < 1.29 is 4.74 Å². The molecule has 0 saturated heterocycles. The highest BCUT2D eigenvalue weighted by atomic mass is 16.5. The van der Waals surface area contributed by atoms with Crippen LogP contribution in [-0.2, 0) is 20.6 Å². The van der Waals surface area contributed by atoms with Gasteiger partial charge in [-0.2, -0.15) is 0 Å². The lowest BCUT2D eigenvalue weighted by molar-refractivity contribution is 0.414. The summed E-state index contributed by atoms with van der Waals surface area (Å²) in [4.78, 5) is 28.8. The minimum Gasteiger partial charge on any atom is -0.497 e.